The Bertz CT molecular complexity index is 693. The van der Waals surface area contributed by atoms with Crippen molar-refractivity contribution in [3.05, 3.63) is 63.1 Å². The van der Waals surface area contributed by atoms with Crippen LogP contribution in [-0.2, 0) is 4.74 Å². The van der Waals surface area contributed by atoms with E-state index < -0.39 is 0 Å². The minimum absolute atomic E-state index is 0.0204. The molecule has 1 N–H and O–H groups in total. The van der Waals surface area contributed by atoms with Gasteiger partial charge in [-0.2, -0.15) is 0 Å². The average molecular weight is 387 g/mol. The molecule has 3 rings (SSSR count). The highest BCUT2D eigenvalue weighted by Crippen LogP contribution is 2.36. The van der Waals surface area contributed by atoms with Gasteiger partial charge in [0.25, 0.3) is 0 Å². The molecule has 2 unspecified atom stereocenters. The third-order valence-corrected chi connectivity index (χ3v) is 5.01. The Morgan fingerprint density at radius 2 is 1.75 bits per heavy atom. The number of aliphatic hydroxyl groups excluding tert-OH is 1. The van der Waals surface area contributed by atoms with Gasteiger partial charge in [-0.3, -0.25) is 0 Å². The monoisotopic (exact) mass is 385 g/mol. The second kappa shape index (κ2) is 7.94. The van der Waals surface area contributed by atoms with E-state index in [0.717, 1.165) is 11.3 Å². The summed E-state index contributed by atoms with van der Waals surface area (Å²) in [6.07, 6.45) is 0.582. The molecule has 2 aromatic carbocycles. The van der Waals surface area contributed by atoms with Crippen molar-refractivity contribution in [1.82, 2.24) is 0 Å². The molecule has 1 aliphatic rings. The van der Waals surface area contributed by atoms with Crippen LogP contribution in [0.15, 0.2) is 42.5 Å². The van der Waals surface area contributed by atoms with E-state index in [1.165, 1.54) is 0 Å². The van der Waals surface area contributed by atoms with Gasteiger partial charge in [0.2, 0.25) is 0 Å². The van der Waals surface area contributed by atoms with Crippen LogP contribution in [-0.4, -0.2) is 31.0 Å². The first kappa shape index (κ1) is 17.8. The highest BCUT2D eigenvalue weighted by Gasteiger charge is 2.31. The van der Waals surface area contributed by atoms with Crippen molar-refractivity contribution < 1.29 is 9.84 Å². The fourth-order valence-electron chi connectivity index (χ4n) is 2.98. The lowest BCUT2D eigenvalue weighted by molar-refractivity contribution is 0.00526. The topological polar surface area (TPSA) is 32.7 Å². The number of aliphatic hydroxyl groups is 1. The Kier molecular flexibility index (Phi) is 5.90. The SMILES string of the molecule is OCCC1CN(c2ccc(Cl)cc2)C(c2ccc(Cl)cc2Cl)CO1. The number of morpholine rings is 1. The smallest absolute Gasteiger partial charge is 0.0792 e. The molecule has 3 nitrogen and oxygen atoms in total. The van der Waals surface area contributed by atoms with E-state index >= 15 is 0 Å². The van der Waals surface area contributed by atoms with Gasteiger partial charge in [-0.1, -0.05) is 40.9 Å². The summed E-state index contributed by atoms with van der Waals surface area (Å²) in [5, 5.41) is 11.1. The first-order valence-corrected chi connectivity index (χ1v) is 8.91. The van der Waals surface area contributed by atoms with Crippen LogP contribution in [0.25, 0.3) is 0 Å². The van der Waals surface area contributed by atoms with E-state index in [1.54, 1.807) is 6.07 Å². The number of nitrogens with zero attached hydrogens (tertiary/aromatic N) is 1. The highest BCUT2D eigenvalue weighted by molar-refractivity contribution is 6.35. The predicted molar refractivity (Wildman–Crippen MR) is 99.4 cm³/mol. The van der Waals surface area contributed by atoms with Gasteiger partial charge in [0.1, 0.15) is 0 Å². The molecule has 2 atom stereocenters. The zero-order valence-electron chi connectivity index (χ0n) is 13.0. The van der Waals surface area contributed by atoms with Crippen LogP contribution in [0.4, 0.5) is 5.69 Å². The zero-order chi connectivity index (χ0) is 17.1. The molecule has 0 radical (unpaired) electrons. The summed E-state index contributed by atoms with van der Waals surface area (Å²) < 4.78 is 5.93. The normalized spacial score (nSPS) is 21.1. The molecule has 0 bridgehead atoms. The quantitative estimate of drug-likeness (QED) is 0.804. The van der Waals surface area contributed by atoms with E-state index in [9.17, 15) is 5.11 Å². The number of rotatable bonds is 4. The molecule has 2 aromatic rings. The summed E-state index contributed by atoms with van der Waals surface area (Å²) in [7, 11) is 0. The summed E-state index contributed by atoms with van der Waals surface area (Å²) >= 11 is 18.4. The van der Waals surface area contributed by atoms with Crippen LogP contribution in [0, 0.1) is 0 Å². The van der Waals surface area contributed by atoms with Gasteiger partial charge >= 0.3 is 0 Å². The van der Waals surface area contributed by atoms with Crippen LogP contribution < -0.4 is 4.90 Å². The lowest BCUT2D eigenvalue weighted by Crippen LogP contribution is -2.45. The van der Waals surface area contributed by atoms with E-state index in [-0.39, 0.29) is 18.8 Å². The summed E-state index contributed by atoms with van der Waals surface area (Å²) in [5.41, 5.74) is 2.01. The summed E-state index contributed by atoms with van der Waals surface area (Å²) in [6, 6.07) is 13.2. The Labute approximate surface area is 156 Å². The molecule has 0 aliphatic carbocycles. The van der Waals surface area contributed by atoms with E-state index in [1.807, 2.05) is 36.4 Å². The number of halogens is 3. The Hall–Kier alpha value is -0.970. The van der Waals surface area contributed by atoms with Crippen LogP contribution >= 0.6 is 34.8 Å². The standard InChI is InChI=1S/C18H18Cl3NO2/c19-12-1-4-14(5-2-12)22-10-15(7-8-23)24-11-18(22)16-6-3-13(20)9-17(16)21/h1-6,9,15,18,23H,7-8,10-11H2. The van der Waals surface area contributed by atoms with Gasteiger partial charge in [-0.15, -0.1) is 0 Å². The van der Waals surface area contributed by atoms with Crippen molar-refractivity contribution >= 4 is 40.5 Å². The maximum Gasteiger partial charge on any atom is 0.0792 e. The Balaban J connectivity index is 1.94. The molecule has 1 heterocycles. The van der Waals surface area contributed by atoms with Crippen LogP contribution in [0.1, 0.15) is 18.0 Å². The maximum absolute atomic E-state index is 9.22. The predicted octanol–water partition coefficient (Wildman–Crippen LogP) is 4.98. The molecular formula is C18H18Cl3NO2. The number of hydrogen-bond acceptors (Lipinski definition) is 3. The van der Waals surface area contributed by atoms with Crippen LogP contribution in [0.5, 0.6) is 0 Å². The van der Waals surface area contributed by atoms with E-state index in [2.05, 4.69) is 4.90 Å². The lowest BCUT2D eigenvalue weighted by Gasteiger charge is -2.41. The second-order valence-electron chi connectivity index (χ2n) is 5.78. The average Bonchev–Trinajstić information content (AvgIpc) is 2.56. The summed E-state index contributed by atoms with van der Waals surface area (Å²) in [6.45, 7) is 1.27. The first-order valence-electron chi connectivity index (χ1n) is 7.78. The van der Waals surface area contributed by atoms with Crippen molar-refractivity contribution in [2.45, 2.75) is 18.6 Å². The van der Waals surface area contributed by atoms with Gasteiger partial charge in [-0.05, 0) is 48.4 Å². The van der Waals surface area contributed by atoms with Crippen molar-refractivity contribution in [3.63, 3.8) is 0 Å². The molecule has 1 aliphatic heterocycles. The number of hydrogen-bond donors (Lipinski definition) is 1. The Morgan fingerprint density at radius 1 is 1.04 bits per heavy atom. The van der Waals surface area contributed by atoms with Crippen molar-refractivity contribution in [2.75, 3.05) is 24.7 Å². The summed E-state index contributed by atoms with van der Waals surface area (Å²) in [4.78, 5) is 2.25. The lowest BCUT2D eigenvalue weighted by atomic mass is 10.0. The molecule has 6 heteroatoms. The largest absolute Gasteiger partial charge is 0.396 e. The van der Waals surface area contributed by atoms with Crippen LogP contribution in [0.2, 0.25) is 15.1 Å². The third kappa shape index (κ3) is 3.98. The molecule has 1 fully saturated rings. The van der Waals surface area contributed by atoms with Gasteiger partial charge in [0.15, 0.2) is 0 Å². The van der Waals surface area contributed by atoms with Gasteiger partial charge in [0, 0.05) is 33.9 Å². The second-order valence-corrected chi connectivity index (χ2v) is 7.06. The van der Waals surface area contributed by atoms with Gasteiger partial charge < -0.3 is 14.7 Å². The molecular weight excluding hydrogens is 369 g/mol. The fraction of sp³-hybridized carbons (Fsp3) is 0.333. The van der Waals surface area contributed by atoms with Crippen LogP contribution in [0.3, 0.4) is 0 Å². The zero-order valence-corrected chi connectivity index (χ0v) is 15.2. The summed E-state index contributed by atoms with van der Waals surface area (Å²) in [5.74, 6) is 0. The minimum atomic E-state index is -0.0223. The molecule has 0 aromatic heterocycles. The van der Waals surface area contributed by atoms with Crippen molar-refractivity contribution in [2.24, 2.45) is 0 Å². The number of ether oxygens (including phenoxy) is 1. The first-order chi connectivity index (χ1) is 11.6. The molecule has 128 valence electrons. The van der Waals surface area contributed by atoms with Crippen molar-refractivity contribution in [3.8, 4) is 0 Å². The molecule has 1 saturated heterocycles. The molecule has 0 amide bonds. The molecule has 0 saturated carbocycles. The minimum Gasteiger partial charge on any atom is -0.396 e. The fourth-order valence-corrected chi connectivity index (χ4v) is 3.64. The van der Waals surface area contributed by atoms with E-state index in [4.69, 9.17) is 39.5 Å². The molecule has 0 spiro atoms. The van der Waals surface area contributed by atoms with Crippen molar-refractivity contribution in [1.29, 1.82) is 0 Å². The highest BCUT2D eigenvalue weighted by atomic mass is 35.5. The third-order valence-electron chi connectivity index (χ3n) is 4.20. The maximum atomic E-state index is 9.22. The molecule has 24 heavy (non-hydrogen) atoms. The number of anilines is 1. The van der Waals surface area contributed by atoms with Gasteiger partial charge in [-0.25, -0.2) is 0 Å². The Morgan fingerprint density at radius 3 is 2.42 bits per heavy atom. The van der Waals surface area contributed by atoms with E-state index in [0.29, 0.717) is 34.6 Å². The van der Waals surface area contributed by atoms with Gasteiger partial charge in [0.05, 0.1) is 18.8 Å². The number of benzene rings is 2.